The van der Waals surface area contributed by atoms with Crippen LogP contribution in [0.2, 0.25) is 0 Å². The fourth-order valence-electron chi connectivity index (χ4n) is 1.89. The molecule has 1 saturated heterocycles. The Morgan fingerprint density at radius 2 is 2.06 bits per heavy atom. The first-order valence-electron chi connectivity index (χ1n) is 5.93. The largest absolute Gasteiger partial charge is 0.469 e. The molecule has 0 aromatic heterocycles. The van der Waals surface area contributed by atoms with Gasteiger partial charge in [0.2, 0.25) is 0 Å². The first-order chi connectivity index (χ1) is 7.56. The van der Waals surface area contributed by atoms with E-state index in [-0.39, 0.29) is 5.97 Å². The number of ether oxygens (including phenoxy) is 2. The topological polar surface area (TPSA) is 47.6 Å². The minimum atomic E-state index is -0.445. The highest BCUT2D eigenvalue weighted by Crippen LogP contribution is 2.17. The fourth-order valence-corrected chi connectivity index (χ4v) is 1.89. The van der Waals surface area contributed by atoms with Crippen molar-refractivity contribution in [3.05, 3.63) is 0 Å². The molecule has 1 heterocycles. The van der Waals surface area contributed by atoms with Crippen molar-refractivity contribution < 1.29 is 14.3 Å². The predicted octanol–water partition coefficient (Wildman–Crippen LogP) is 1.20. The molecule has 0 aliphatic carbocycles. The Labute approximate surface area is 97.7 Å². The standard InChI is InChI=1S/C12H23NO3/c1-12(2,11(14)15-3)9-13-8-10-4-6-16-7-5-10/h10,13H,4-9H2,1-3H3. The van der Waals surface area contributed by atoms with E-state index >= 15 is 0 Å². The van der Waals surface area contributed by atoms with Crippen LogP contribution in [0.25, 0.3) is 0 Å². The Morgan fingerprint density at radius 3 is 2.62 bits per heavy atom. The van der Waals surface area contributed by atoms with E-state index in [1.165, 1.54) is 7.11 Å². The average Bonchev–Trinajstić information content (AvgIpc) is 2.29. The van der Waals surface area contributed by atoms with Crippen molar-refractivity contribution in [2.75, 3.05) is 33.4 Å². The molecule has 0 unspecified atom stereocenters. The van der Waals surface area contributed by atoms with Crippen LogP contribution < -0.4 is 5.32 Å². The van der Waals surface area contributed by atoms with Gasteiger partial charge in [-0.15, -0.1) is 0 Å². The normalized spacial score (nSPS) is 18.4. The van der Waals surface area contributed by atoms with Crippen LogP contribution in [-0.2, 0) is 14.3 Å². The van der Waals surface area contributed by atoms with Crippen LogP contribution >= 0.6 is 0 Å². The smallest absolute Gasteiger partial charge is 0.312 e. The fraction of sp³-hybridized carbons (Fsp3) is 0.917. The molecule has 1 N–H and O–H groups in total. The van der Waals surface area contributed by atoms with E-state index in [4.69, 9.17) is 9.47 Å². The van der Waals surface area contributed by atoms with E-state index in [0.29, 0.717) is 12.5 Å². The molecule has 4 nitrogen and oxygen atoms in total. The lowest BCUT2D eigenvalue weighted by molar-refractivity contribution is -0.150. The zero-order valence-electron chi connectivity index (χ0n) is 10.5. The van der Waals surface area contributed by atoms with Gasteiger partial charge in [0.1, 0.15) is 0 Å². The quantitative estimate of drug-likeness (QED) is 0.720. The number of hydrogen-bond donors (Lipinski definition) is 1. The van der Waals surface area contributed by atoms with E-state index in [2.05, 4.69) is 5.32 Å². The molecule has 1 fully saturated rings. The van der Waals surface area contributed by atoms with Crippen molar-refractivity contribution in [2.45, 2.75) is 26.7 Å². The first-order valence-corrected chi connectivity index (χ1v) is 5.93. The molecule has 0 radical (unpaired) electrons. The third-order valence-electron chi connectivity index (χ3n) is 3.08. The molecule has 0 spiro atoms. The second-order valence-electron chi connectivity index (χ2n) is 5.06. The maximum atomic E-state index is 11.4. The van der Waals surface area contributed by atoms with Crippen molar-refractivity contribution in [3.8, 4) is 0 Å². The molecule has 0 saturated carbocycles. The Balaban J connectivity index is 2.20. The molecule has 1 aliphatic heterocycles. The average molecular weight is 229 g/mol. The number of hydrogen-bond acceptors (Lipinski definition) is 4. The monoisotopic (exact) mass is 229 g/mol. The molecular weight excluding hydrogens is 206 g/mol. The van der Waals surface area contributed by atoms with E-state index in [1.807, 2.05) is 13.8 Å². The molecule has 0 aromatic rings. The van der Waals surface area contributed by atoms with Crippen molar-refractivity contribution in [1.29, 1.82) is 0 Å². The molecule has 4 heteroatoms. The number of nitrogens with one attached hydrogen (secondary N) is 1. The van der Waals surface area contributed by atoms with Gasteiger partial charge in [0.05, 0.1) is 12.5 Å². The summed E-state index contributed by atoms with van der Waals surface area (Å²) in [5.41, 5.74) is -0.445. The van der Waals surface area contributed by atoms with Crippen LogP contribution in [-0.4, -0.2) is 39.4 Å². The molecular formula is C12H23NO3. The number of carbonyl (C=O) groups is 1. The number of esters is 1. The van der Waals surface area contributed by atoms with Gasteiger partial charge in [0.25, 0.3) is 0 Å². The molecule has 0 aromatic carbocycles. The number of methoxy groups -OCH3 is 1. The van der Waals surface area contributed by atoms with Gasteiger partial charge < -0.3 is 14.8 Å². The van der Waals surface area contributed by atoms with E-state index in [1.54, 1.807) is 0 Å². The lowest BCUT2D eigenvalue weighted by Gasteiger charge is -2.26. The molecule has 0 amide bonds. The zero-order valence-corrected chi connectivity index (χ0v) is 10.5. The lowest BCUT2D eigenvalue weighted by Crippen LogP contribution is -2.39. The summed E-state index contributed by atoms with van der Waals surface area (Å²) >= 11 is 0. The summed E-state index contributed by atoms with van der Waals surface area (Å²) in [6.45, 7) is 7.16. The summed E-state index contributed by atoms with van der Waals surface area (Å²) in [7, 11) is 1.43. The molecule has 94 valence electrons. The van der Waals surface area contributed by atoms with E-state index in [0.717, 1.165) is 32.6 Å². The Hall–Kier alpha value is -0.610. The molecule has 0 atom stereocenters. The highest BCUT2D eigenvalue weighted by molar-refractivity contribution is 5.76. The van der Waals surface area contributed by atoms with Gasteiger partial charge in [-0.05, 0) is 39.2 Å². The van der Waals surface area contributed by atoms with Crippen molar-refractivity contribution in [3.63, 3.8) is 0 Å². The maximum Gasteiger partial charge on any atom is 0.312 e. The van der Waals surface area contributed by atoms with Gasteiger partial charge in [-0.3, -0.25) is 4.79 Å². The van der Waals surface area contributed by atoms with Gasteiger partial charge in [-0.25, -0.2) is 0 Å². The van der Waals surface area contributed by atoms with Crippen LogP contribution in [0.4, 0.5) is 0 Å². The van der Waals surface area contributed by atoms with Crippen LogP contribution in [0, 0.1) is 11.3 Å². The van der Waals surface area contributed by atoms with Gasteiger partial charge >= 0.3 is 5.97 Å². The maximum absolute atomic E-state index is 11.4. The minimum absolute atomic E-state index is 0.160. The second-order valence-corrected chi connectivity index (χ2v) is 5.06. The van der Waals surface area contributed by atoms with Crippen LogP contribution in [0.3, 0.4) is 0 Å². The van der Waals surface area contributed by atoms with Crippen LogP contribution in [0.15, 0.2) is 0 Å². The van der Waals surface area contributed by atoms with Gasteiger partial charge in [-0.2, -0.15) is 0 Å². The Morgan fingerprint density at radius 1 is 1.44 bits per heavy atom. The molecule has 1 aliphatic rings. The van der Waals surface area contributed by atoms with Crippen molar-refractivity contribution in [1.82, 2.24) is 5.32 Å². The first kappa shape index (κ1) is 13.5. The third-order valence-corrected chi connectivity index (χ3v) is 3.08. The summed E-state index contributed by atoms with van der Waals surface area (Å²) in [4.78, 5) is 11.4. The number of carbonyl (C=O) groups excluding carboxylic acids is 1. The SMILES string of the molecule is COC(=O)C(C)(C)CNCC1CCOCC1. The Bertz CT molecular complexity index is 222. The summed E-state index contributed by atoms with van der Waals surface area (Å²) in [5, 5.41) is 3.35. The lowest BCUT2D eigenvalue weighted by atomic mass is 9.93. The zero-order chi connectivity index (χ0) is 12.0. The highest BCUT2D eigenvalue weighted by atomic mass is 16.5. The minimum Gasteiger partial charge on any atom is -0.469 e. The number of rotatable bonds is 5. The summed E-state index contributed by atoms with van der Waals surface area (Å²) in [5.74, 6) is 0.522. The van der Waals surface area contributed by atoms with Crippen molar-refractivity contribution in [2.24, 2.45) is 11.3 Å². The van der Waals surface area contributed by atoms with Gasteiger partial charge in [0.15, 0.2) is 0 Å². The third kappa shape index (κ3) is 4.10. The van der Waals surface area contributed by atoms with Crippen molar-refractivity contribution >= 4 is 5.97 Å². The van der Waals surface area contributed by atoms with Gasteiger partial charge in [-0.1, -0.05) is 0 Å². The van der Waals surface area contributed by atoms with Crippen LogP contribution in [0.1, 0.15) is 26.7 Å². The summed E-state index contributed by atoms with van der Waals surface area (Å²) in [6, 6.07) is 0. The Kier molecular flexibility index (Phi) is 5.22. The second kappa shape index (κ2) is 6.21. The van der Waals surface area contributed by atoms with E-state index in [9.17, 15) is 4.79 Å². The summed E-state index contributed by atoms with van der Waals surface area (Å²) < 4.78 is 10.1. The molecule has 16 heavy (non-hydrogen) atoms. The predicted molar refractivity (Wildman–Crippen MR) is 62.2 cm³/mol. The highest BCUT2D eigenvalue weighted by Gasteiger charge is 2.28. The van der Waals surface area contributed by atoms with Crippen LogP contribution in [0.5, 0.6) is 0 Å². The summed E-state index contributed by atoms with van der Waals surface area (Å²) in [6.07, 6.45) is 2.23. The molecule has 0 bridgehead atoms. The van der Waals surface area contributed by atoms with E-state index < -0.39 is 5.41 Å². The molecule has 1 rings (SSSR count). The van der Waals surface area contributed by atoms with Gasteiger partial charge in [0, 0.05) is 19.8 Å².